The summed E-state index contributed by atoms with van der Waals surface area (Å²) >= 11 is 1.68. The van der Waals surface area contributed by atoms with Gasteiger partial charge >= 0.3 is 0 Å². The van der Waals surface area contributed by atoms with E-state index in [-0.39, 0.29) is 35.5 Å². The molecule has 0 aromatic heterocycles. The standard InChI is InChI=1S/C18H31FN4O2S2.HI/c1-4-20-18(21-12-6-14-23(3)27(24,25)5-2)22-13-7-15-26-17-10-8-16(19)9-11-17;/h8-11H,4-7,12-15H2,1-3H3,(H2,20,21,22);1H. The maximum Gasteiger partial charge on any atom is 0.213 e. The zero-order valence-corrected chi connectivity index (χ0v) is 20.7. The molecule has 0 aliphatic rings. The maximum atomic E-state index is 12.9. The van der Waals surface area contributed by atoms with E-state index in [1.54, 1.807) is 37.9 Å². The molecule has 6 nitrogen and oxygen atoms in total. The third-order valence-corrected chi connectivity index (χ3v) is 6.74. The van der Waals surface area contributed by atoms with E-state index in [1.807, 2.05) is 6.92 Å². The molecule has 0 radical (unpaired) electrons. The molecule has 1 aromatic rings. The number of sulfonamides is 1. The highest BCUT2D eigenvalue weighted by molar-refractivity contribution is 14.0. The van der Waals surface area contributed by atoms with Crippen molar-refractivity contribution in [1.82, 2.24) is 14.9 Å². The van der Waals surface area contributed by atoms with Crippen LogP contribution in [0.4, 0.5) is 4.39 Å². The molecule has 1 aromatic carbocycles. The van der Waals surface area contributed by atoms with Crippen LogP contribution in [-0.2, 0) is 10.0 Å². The number of nitrogens with one attached hydrogen (secondary N) is 2. The molecule has 0 bridgehead atoms. The molecule has 1 rings (SSSR count). The van der Waals surface area contributed by atoms with Gasteiger partial charge in [0.2, 0.25) is 10.0 Å². The first kappa shape index (κ1) is 27.4. The summed E-state index contributed by atoms with van der Waals surface area (Å²) in [5.41, 5.74) is 0. The number of nitrogens with zero attached hydrogens (tertiary/aromatic N) is 2. The lowest BCUT2D eigenvalue weighted by Gasteiger charge is -2.16. The van der Waals surface area contributed by atoms with Crippen LogP contribution in [0.5, 0.6) is 0 Å². The SMILES string of the molecule is CCNC(=NCCCSc1ccc(F)cc1)NCCCN(C)S(=O)(=O)CC.I. The van der Waals surface area contributed by atoms with Crippen LogP contribution < -0.4 is 10.6 Å². The number of benzene rings is 1. The summed E-state index contributed by atoms with van der Waals surface area (Å²) in [5, 5.41) is 6.41. The van der Waals surface area contributed by atoms with E-state index in [0.29, 0.717) is 26.1 Å². The second kappa shape index (κ2) is 15.3. The van der Waals surface area contributed by atoms with E-state index in [2.05, 4.69) is 15.6 Å². The number of halogens is 2. The minimum absolute atomic E-state index is 0. The quantitative estimate of drug-likeness (QED) is 0.139. The molecule has 0 heterocycles. The number of aliphatic imine (C=N–C) groups is 1. The Kier molecular flexibility index (Phi) is 15.0. The molecule has 0 aliphatic carbocycles. The molecule has 0 unspecified atom stereocenters. The van der Waals surface area contributed by atoms with Crippen LogP contribution in [0, 0.1) is 5.82 Å². The Balaban J connectivity index is 0.00000729. The Bertz CT molecular complexity index is 673. The van der Waals surface area contributed by atoms with Gasteiger partial charge in [-0.2, -0.15) is 0 Å². The second-order valence-electron chi connectivity index (χ2n) is 5.92. The number of hydrogen-bond donors (Lipinski definition) is 2. The summed E-state index contributed by atoms with van der Waals surface area (Å²) in [5.74, 6) is 1.56. The molecule has 0 amide bonds. The van der Waals surface area contributed by atoms with Gasteiger partial charge in [0.1, 0.15) is 5.82 Å². The van der Waals surface area contributed by atoms with Crippen molar-refractivity contribution in [2.45, 2.75) is 31.6 Å². The Labute approximate surface area is 190 Å². The highest BCUT2D eigenvalue weighted by Crippen LogP contribution is 2.18. The van der Waals surface area contributed by atoms with Crippen LogP contribution in [0.1, 0.15) is 26.7 Å². The van der Waals surface area contributed by atoms with Crippen molar-refractivity contribution in [3.8, 4) is 0 Å². The molecule has 0 saturated carbocycles. The number of rotatable bonds is 12. The van der Waals surface area contributed by atoms with Crippen molar-refractivity contribution in [2.75, 3.05) is 44.7 Å². The average Bonchev–Trinajstić information content (AvgIpc) is 2.65. The first-order chi connectivity index (χ1) is 12.9. The lowest BCUT2D eigenvalue weighted by atomic mass is 10.4. The summed E-state index contributed by atoms with van der Waals surface area (Å²) in [6.07, 6.45) is 1.62. The Morgan fingerprint density at radius 1 is 1.18 bits per heavy atom. The van der Waals surface area contributed by atoms with Crippen LogP contribution in [0.3, 0.4) is 0 Å². The van der Waals surface area contributed by atoms with Crippen molar-refractivity contribution in [1.29, 1.82) is 0 Å². The van der Waals surface area contributed by atoms with Gasteiger partial charge in [0, 0.05) is 38.1 Å². The molecule has 0 fully saturated rings. The van der Waals surface area contributed by atoms with Crippen LogP contribution in [0.25, 0.3) is 0 Å². The molecule has 162 valence electrons. The molecule has 0 aliphatic heterocycles. The number of thioether (sulfide) groups is 1. The molecule has 2 N–H and O–H groups in total. The second-order valence-corrected chi connectivity index (χ2v) is 9.45. The summed E-state index contributed by atoms with van der Waals surface area (Å²) in [6.45, 7) is 6.24. The fraction of sp³-hybridized carbons (Fsp3) is 0.611. The lowest BCUT2D eigenvalue weighted by molar-refractivity contribution is 0.461. The smallest absolute Gasteiger partial charge is 0.213 e. The molecule has 0 saturated heterocycles. The van der Waals surface area contributed by atoms with Crippen molar-refractivity contribution < 1.29 is 12.8 Å². The zero-order valence-electron chi connectivity index (χ0n) is 16.8. The van der Waals surface area contributed by atoms with Gasteiger partial charge in [-0.15, -0.1) is 35.7 Å². The number of hydrogen-bond acceptors (Lipinski definition) is 4. The Morgan fingerprint density at radius 3 is 2.46 bits per heavy atom. The van der Waals surface area contributed by atoms with Gasteiger partial charge in [0.05, 0.1) is 5.75 Å². The van der Waals surface area contributed by atoms with Crippen molar-refractivity contribution in [2.24, 2.45) is 4.99 Å². The predicted octanol–water partition coefficient (Wildman–Crippen LogP) is 3.15. The first-order valence-electron chi connectivity index (χ1n) is 9.23. The fourth-order valence-corrected chi connectivity index (χ4v) is 3.87. The summed E-state index contributed by atoms with van der Waals surface area (Å²) in [7, 11) is -1.51. The normalized spacial score (nSPS) is 12.0. The summed E-state index contributed by atoms with van der Waals surface area (Å²) in [6, 6.07) is 6.50. The third kappa shape index (κ3) is 11.4. The van der Waals surface area contributed by atoms with E-state index in [0.717, 1.165) is 29.6 Å². The zero-order chi connectivity index (χ0) is 20.1. The third-order valence-electron chi connectivity index (χ3n) is 3.78. The topological polar surface area (TPSA) is 73.8 Å². The van der Waals surface area contributed by atoms with E-state index in [4.69, 9.17) is 0 Å². The van der Waals surface area contributed by atoms with Gasteiger partial charge in [-0.05, 0) is 56.7 Å². The van der Waals surface area contributed by atoms with Crippen molar-refractivity contribution in [3.05, 3.63) is 30.1 Å². The van der Waals surface area contributed by atoms with Crippen molar-refractivity contribution >= 4 is 51.7 Å². The highest BCUT2D eigenvalue weighted by Gasteiger charge is 2.13. The van der Waals surface area contributed by atoms with E-state index < -0.39 is 10.0 Å². The molecular weight excluding hydrogens is 514 g/mol. The van der Waals surface area contributed by atoms with Gasteiger partial charge in [-0.25, -0.2) is 17.1 Å². The Hall–Kier alpha value is -0.590. The lowest BCUT2D eigenvalue weighted by Crippen LogP contribution is -2.39. The highest BCUT2D eigenvalue weighted by atomic mass is 127. The van der Waals surface area contributed by atoms with Crippen molar-refractivity contribution in [3.63, 3.8) is 0 Å². The monoisotopic (exact) mass is 546 g/mol. The molecule has 0 atom stereocenters. The van der Waals surface area contributed by atoms with Crippen LogP contribution in [0.2, 0.25) is 0 Å². The number of guanidine groups is 1. The van der Waals surface area contributed by atoms with Gasteiger partial charge < -0.3 is 10.6 Å². The molecule has 10 heteroatoms. The summed E-state index contributed by atoms with van der Waals surface area (Å²) < 4.78 is 37.7. The van der Waals surface area contributed by atoms with Gasteiger partial charge in [-0.3, -0.25) is 4.99 Å². The molecule has 0 spiro atoms. The first-order valence-corrected chi connectivity index (χ1v) is 11.8. The van der Waals surface area contributed by atoms with E-state index >= 15 is 0 Å². The van der Waals surface area contributed by atoms with Gasteiger partial charge in [0.25, 0.3) is 0 Å². The van der Waals surface area contributed by atoms with Gasteiger partial charge in [0.15, 0.2) is 5.96 Å². The molecular formula is C18H32FIN4O2S2. The maximum absolute atomic E-state index is 12.9. The molecule has 28 heavy (non-hydrogen) atoms. The van der Waals surface area contributed by atoms with E-state index in [9.17, 15) is 12.8 Å². The summed E-state index contributed by atoms with van der Waals surface area (Å²) in [4.78, 5) is 5.58. The largest absolute Gasteiger partial charge is 0.357 e. The van der Waals surface area contributed by atoms with Gasteiger partial charge in [-0.1, -0.05) is 0 Å². The predicted molar refractivity (Wildman–Crippen MR) is 128 cm³/mol. The minimum atomic E-state index is -3.12. The van der Waals surface area contributed by atoms with Crippen LogP contribution >= 0.6 is 35.7 Å². The average molecular weight is 547 g/mol. The fourth-order valence-electron chi connectivity index (χ4n) is 2.19. The Morgan fingerprint density at radius 2 is 1.86 bits per heavy atom. The van der Waals surface area contributed by atoms with Crippen LogP contribution in [0.15, 0.2) is 34.2 Å². The van der Waals surface area contributed by atoms with E-state index in [1.165, 1.54) is 16.4 Å². The minimum Gasteiger partial charge on any atom is -0.357 e. The van der Waals surface area contributed by atoms with Crippen LogP contribution in [-0.4, -0.2) is 63.4 Å².